The van der Waals surface area contributed by atoms with Gasteiger partial charge in [-0.1, -0.05) is 6.07 Å². The highest BCUT2D eigenvalue weighted by molar-refractivity contribution is 5.65. The molecule has 0 radical (unpaired) electrons. The number of ether oxygens (including phenoxy) is 2. The van der Waals surface area contributed by atoms with Crippen LogP contribution in [0.1, 0.15) is 55.3 Å². The molecule has 7 nitrogen and oxygen atoms in total. The highest BCUT2D eigenvalue weighted by Crippen LogP contribution is 2.42. The molecule has 3 heterocycles. The van der Waals surface area contributed by atoms with E-state index in [2.05, 4.69) is 37.8 Å². The number of carboxylic acid groups (broad SMARTS) is 1. The number of morpholine rings is 1. The summed E-state index contributed by atoms with van der Waals surface area (Å²) < 4.78 is 11.7. The van der Waals surface area contributed by atoms with Gasteiger partial charge in [0.1, 0.15) is 18.5 Å². The molecule has 0 aromatic heterocycles. The van der Waals surface area contributed by atoms with E-state index in [0.29, 0.717) is 50.5 Å². The molecule has 3 aliphatic rings. The standard InChI is InChI=1S/C23H35N3O4/c1-14-15(2)22(30-13-20-12-25(23(27)28)8-9-29-20)7-6-21(14)16(3)26-18-4-5-19(26)11-17(24)10-18/h6-7,16-20H,4-5,8-13,24H2,1-3H3,(H,27,28). The van der Waals surface area contributed by atoms with Crippen molar-refractivity contribution >= 4 is 6.09 Å². The lowest BCUT2D eigenvalue weighted by Gasteiger charge is -2.42. The Hall–Kier alpha value is -1.83. The van der Waals surface area contributed by atoms with E-state index in [4.69, 9.17) is 15.2 Å². The highest BCUT2D eigenvalue weighted by atomic mass is 16.5. The van der Waals surface area contributed by atoms with E-state index >= 15 is 0 Å². The zero-order chi connectivity index (χ0) is 21.4. The lowest BCUT2D eigenvalue weighted by molar-refractivity contribution is -0.0413. The summed E-state index contributed by atoms with van der Waals surface area (Å²) >= 11 is 0. The quantitative estimate of drug-likeness (QED) is 0.766. The van der Waals surface area contributed by atoms with Gasteiger partial charge in [-0.2, -0.15) is 0 Å². The van der Waals surface area contributed by atoms with Gasteiger partial charge in [-0.25, -0.2) is 4.79 Å². The molecule has 3 N–H and O–H groups in total. The molecule has 1 amide bonds. The van der Waals surface area contributed by atoms with Crippen LogP contribution < -0.4 is 10.5 Å². The van der Waals surface area contributed by atoms with Crippen molar-refractivity contribution in [3.05, 3.63) is 28.8 Å². The third-order valence-electron chi connectivity index (χ3n) is 7.34. The molecular formula is C23H35N3O4. The lowest BCUT2D eigenvalue weighted by atomic mass is 9.91. The van der Waals surface area contributed by atoms with E-state index in [-0.39, 0.29) is 6.10 Å². The maximum absolute atomic E-state index is 11.2. The molecule has 166 valence electrons. The summed E-state index contributed by atoms with van der Waals surface area (Å²) in [5.74, 6) is 0.850. The van der Waals surface area contributed by atoms with Crippen molar-refractivity contribution in [2.45, 2.75) is 76.7 Å². The number of hydrogen-bond donors (Lipinski definition) is 2. The number of piperidine rings is 1. The van der Waals surface area contributed by atoms with Gasteiger partial charge in [0, 0.05) is 30.7 Å². The molecule has 0 spiro atoms. The van der Waals surface area contributed by atoms with Gasteiger partial charge < -0.3 is 25.2 Å². The molecule has 3 saturated heterocycles. The Kier molecular flexibility index (Phi) is 6.23. The Balaban J connectivity index is 1.43. The number of benzene rings is 1. The summed E-state index contributed by atoms with van der Waals surface area (Å²) in [5.41, 5.74) is 10.0. The lowest BCUT2D eigenvalue weighted by Crippen LogP contribution is -2.48. The third kappa shape index (κ3) is 4.15. The Morgan fingerprint density at radius 1 is 1.27 bits per heavy atom. The predicted molar refractivity (Wildman–Crippen MR) is 115 cm³/mol. The van der Waals surface area contributed by atoms with E-state index in [0.717, 1.165) is 24.2 Å². The molecule has 1 aromatic carbocycles. The molecular weight excluding hydrogens is 382 g/mol. The number of nitrogens with two attached hydrogens (primary N) is 1. The second-order valence-electron chi connectivity index (χ2n) is 9.17. The van der Waals surface area contributed by atoms with Gasteiger partial charge in [-0.15, -0.1) is 0 Å². The van der Waals surface area contributed by atoms with Crippen LogP contribution in [0.15, 0.2) is 12.1 Å². The highest BCUT2D eigenvalue weighted by Gasteiger charge is 2.42. The van der Waals surface area contributed by atoms with Crippen molar-refractivity contribution in [3.8, 4) is 5.75 Å². The van der Waals surface area contributed by atoms with E-state index in [9.17, 15) is 9.90 Å². The fourth-order valence-corrected chi connectivity index (χ4v) is 5.65. The van der Waals surface area contributed by atoms with Crippen LogP contribution in [0, 0.1) is 13.8 Å². The fraction of sp³-hybridized carbons (Fsp3) is 0.696. The second kappa shape index (κ2) is 8.73. The Morgan fingerprint density at radius 3 is 2.63 bits per heavy atom. The average molecular weight is 418 g/mol. The minimum Gasteiger partial charge on any atom is -0.491 e. The average Bonchev–Trinajstić information content (AvgIpc) is 3.00. The molecule has 0 aliphatic carbocycles. The molecule has 4 rings (SSSR count). The van der Waals surface area contributed by atoms with E-state index in [1.807, 2.05) is 0 Å². The van der Waals surface area contributed by atoms with Gasteiger partial charge in [0.05, 0.1) is 13.2 Å². The summed E-state index contributed by atoms with van der Waals surface area (Å²) in [6, 6.07) is 6.18. The Morgan fingerprint density at radius 2 is 1.97 bits per heavy atom. The van der Waals surface area contributed by atoms with Crippen LogP contribution in [0.2, 0.25) is 0 Å². The van der Waals surface area contributed by atoms with Gasteiger partial charge in [-0.3, -0.25) is 4.90 Å². The summed E-state index contributed by atoms with van der Waals surface area (Å²) in [5, 5.41) is 9.19. The SMILES string of the molecule is Cc1c(OCC2CN(C(=O)O)CCO2)ccc(C(C)N2C3CCC2CC(N)C3)c1C. The number of carbonyl (C=O) groups is 1. The number of amides is 1. The molecule has 2 bridgehead atoms. The number of nitrogens with zero attached hydrogens (tertiary/aromatic N) is 2. The van der Waals surface area contributed by atoms with Crippen LogP contribution in [0.25, 0.3) is 0 Å². The first-order valence-corrected chi connectivity index (χ1v) is 11.2. The smallest absolute Gasteiger partial charge is 0.407 e. The fourth-order valence-electron chi connectivity index (χ4n) is 5.65. The minimum atomic E-state index is -0.902. The molecule has 0 saturated carbocycles. The van der Waals surface area contributed by atoms with Crippen molar-refractivity contribution in [1.29, 1.82) is 0 Å². The van der Waals surface area contributed by atoms with Crippen LogP contribution in [-0.2, 0) is 4.74 Å². The molecule has 7 heteroatoms. The van der Waals surface area contributed by atoms with Crippen molar-refractivity contribution in [2.24, 2.45) is 5.73 Å². The van der Waals surface area contributed by atoms with Gasteiger partial charge in [0.2, 0.25) is 0 Å². The van der Waals surface area contributed by atoms with Gasteiger partial charge in [0.15, 0.2) is 0 Å². The van der Waals surface area contributed by atoms with Gasteiger partial charge >= 0.3 is 6.09 Å². The maximum Gasteiger partial charge on any atom is 0.407 e. The monoisotopic (exact) mass is 417 g/mol. The summed E-state index contributed by atoms with van der Waals surface area (Å²) in [6.07, 6.45) is 3.60. The zero-order valence-electron chi connectivity index (χ0n) is 18.3. The van der Waals surface area contributed by atoms with Gasteiger partial charge in [0.25, 0.3) is 0 Å². The number of hydrogen-bond acceptors (Lipinski definition) is 5. The predicted octanol–water partition coefficient (Wildman–Crippen LogP) is 3.08. The number of rotatable bonds is 5. The van der Waals surface area contributed by atoms with Crippen molar-refractivity contribution in [1.82, 2.24) is 9.80 Å². The minimum absolute atomic E-state index is 0.235. The summed E-state index contributed by atoms with van der Waals surface area (Å²) in [7, 11) is 0. The van der Waals surface area contributed by atoms with Crippen molar-refractivity contribution < 1.29 is 19.4 Å². The van der Waals surface area contributed by atoms with E-state index < -0.39 is 6.09 Å². The van der Waals surface area contributed by atoms with E-state index in [1.165, 1.54) is 28.9 Å². The van der Waals surface area contributed by atoms with Crippen LogP contribution in [-0.4, -0.2) is 71.5 Å². The molecule has 1 aromatic rings. The largest absolute Gasteiger partial charge is 0.491 e. The van der Waals surface area contributed by atoms with E-state index in [1.54, 1.807) is 0 Å². The summed E-state index contributed by atoms with van der Waals surface area (Å²) in [6.45, 7) is 8.13. The van der Waals surface area contributed by atoms with Crippen LogP contribution in [0.5, 0.6) is 5.75 Å². The Labute approximate surface area is 179 Å². The molecule has 3 fully saturated rings. The van der Waals surface area contributed by atoms with Gasteiger partial charge in [-0.05, 0) is 69.2 Å². The maximum atomic E-state index is 11.2. The molecule has 4 unspecified atom stereocenters. The molecule has 4 atom stereocenters. The van der Waals surface area contributed by atoms with Crippen LogP contribution >= 0.6 is 0 Å². The van der Waals surface area contributed by atoms with Crippen LogP contribution in [0.4, 0.5) is 4.79 Å². The Bertz CT molecular complexity index is 772. The molecule has 3 aliphatic heterocycles. The first-order valence-electron chi connectivity index (χ1n) is 11.2. The topological polar surface area (TPSA) is 88.3 Å². The normalized spacial score (nSPS) is 30.3. The third-order valence-corrected chi connectivity index (χ3v) is 7.34. The second-order valence-corrected chi connectivity index (χ2v) is 9.17. The van der Waals surface area contributed by atoms with Crippen molar-refractivity contribution in [2.75, 3.05) is 26.3 Å². The first kappa shape index (κ1) is 21.4. The number of fused-ring (bicyclic) bond motifs is 2. The summed E-state index contributed by atoms with van der Waals surface area (Å²) in [4.78, 5) is 15.3. The molecule has 30 heavy (non-hydrogen) atoms. The zero-order valence-corrected chi connectivity index (χ0v) is 18.3. The van der Waals surface area contributed by atoms with Crippen LogP contribution in [0.3, 0.4) is 0 Å². The first-order chi connectivity index (χ1) is 14.3. The van der Waals surface area contributed by atoms with Crippen molar-refractivity contribution in [3.63, 3.8) is 0 Å².